The number of halogens is 4. The normalized spacial score (nSPS) is 17.2. The molecule has 0 bridgehead atoms. The van der Waals surface area contributed by atoms with Crippen LogP contribution in [0.5, 0.6) is 5.75 Å². The molecule has 2 aliphatic heterocycles. The third kappa shape index (κ3) is 6.65. The van der Waals surface area contributed by atoms with Gasteiger partial charge in [0.25, 0.3) is 5.91 Å². The molecule has 6 rings (SSSR count). The summed E-state index contributed by atoms with van der Waals surface area (Å²) < 4.78 is 68.9. The maximum Gasteiger partial charge on any atom is 0.573 e. The summed E-state index contributed by atoms with van der Waals surface area (Å²) in [4.78, 5) is 29.3. The van der Waals surface area contributed by atoms with Gasteiger partial charge in [0, 0.05) is 57.4 Å². The molecule has 1 spiro atoms. The lowest BCUT2D eigenvalue weighted by Crippen LogP contribution is -2.48. The SMILES string of the molecule is CN(Cc1nc2cccc(C(=O)N3CCC4(CC3)CCN(c3ccncc3)CC4)c2[nH]1)S(=O)(=O)c1ccc(OC(F)(F)F)cc1Cl. The first kappa shape index (κ1) is 32.1. The Morgan fingerprint density at radius 1 is 1.04 bits per heavy atom. The maximum absolute atomic E-state index is 13.7. The van der Waals surface area contributed by atoms with E-state index in [1.165, 1.54) is 12.7 Å². The second-order valence-corrected chi connectivity index (χ2v) is 14.2. The summed E-state index contributed by atoms with van der Waals surface area (Å²) in [6, 6.07) is 11.9. The number of imidazole rings is 1. The Morgan fingerprint density at radius 3 is 2.37 bits per heavy atom. The van der Waals surface area contributed by atoms with Gasteiger partial charge in [0.15, 0.2) is 0 Å². The number of carbonyl (C=O) groups excluding carboxylic acids is 1. The monoisotopic (exact) mass is 676 g/mol. The molecule has 1 N–H and O–H groups in total. The number of ether oxygens (including phenoxy) is 1. The molecule has 2 aromatic carbocycles. The van der Waals surface area contributed by atoms with Gasteiger partial charge in [-0.2, -0.15) is 4.31 Å². The molecular formula is C31H32ClF3N6O4S. The Balaban J connectivity index is 1.11. The van der Waals surface area contributed by atoms with Gasteiger partial charge < -0.3 is 19.5 Å². The Morgan fingerprint density at radius 2 is 1.72 bits per heavy atom. The number of nitrogens with zero attached hydrogens (tertiary/aromatic N) is 5. The van der Waals surface area contributed by atoms with Crippen molar-refractivity contribution >= 4 is 44.3 Å². The number of piperidine rings is 2. The van der Waals surface area contributed by atoms with Crippen LogP contribution in [-0.2, 0) is 16.6 Å². The number of para-hydroxylation sites is 1. The third-order valence-electron chi connectivity index (χ3n) is 8.96. The molecule has 15 heteroatoms. The largest absolute Gasteiger partial charge is 0.573 e. The first-order chi connectivity index (χ1) is 21.8. The lowest BCUT2D eigenvalue weighted by Gasteiger charge is -2.47. The number of alkyl halides is 3. The number of nitrogens with one attached hydrogen (secondary N) is 1. The molecule has 10 nitrogen and oxygen atoms in total. The van der Waals surface area contributed by atoms with Crippen LogP contribution in [0.1, 0.15) is 41.9 Å². The molecule has 0 unspecified atom stereocenters. The number of likely N-dealkylation sites (tertiary alicyclic amines) is 1. The first-order valence-electron chi connectivity index (χ1n) is 14.8. The van der Waals surface area contributed by atoms with Gasteiger partial charge in [0.2, 0.25) is 10.0 Å². The number of aromatic nitrogens is 3. The van der Waals surface area contributed by atoms with Crippen molar-refractivity contribution in [1.82, 2.24) is 24.2 Å². The van der Waals surface area contributed by atoms with Crippen LogP contribution in [0, 0.1) is 5.41 Å². The molecule has 0 atom stereocenters. The molecule has 244 valence electrons. The topological polar surface area (TPSA) is 112 Å². The van der Waals surface area contributed by atoms with Crippen molar-refractivity contribution in [3.63, 3.8) is 0 Å². The van der Waals surface area contributed by atoms with Crippen LogP contribution in [0.25, 0.3) is 11.0 Å². The molecule has 46 heavy (non-hydrogen) atoms. The number of pyridine rings is 1. The van der Waals surface area contributed by atoms with Crippen molar-refractivity contribution in [2.24, 2.45) is 5.41 Å². The number of fused-ring (bicyclic) bond motifs is 1. The van der Waals surface area contributed by atoms with Gasteiger partial charge in [0.1, 0.15) is 16.5 Å². The van der Waals surface area contributed by atoms with Crippen molar-refractivity contribution in [2.75, 3.05) is 38.1 Å². The van der Waals surface area contributed by atoms with Crippen molar-refractivity contribution in [3.8, 4) is 5.75 Å². The van der Waals surface area contributed by atoms with E-state index in [2.05, 4.69) is 24.6 Å². The van der Waals surface area contributed by atoms with E-state index < -0.39 is 27.2 Å². The molecule has 2 saturated heterocycles. The van der Waals surface area contributed by atoms with Gasteiger partial charge in [-0.1, -0.05) is 17.7 Å². The summed E-state index contributed by atoms with van der Waals surface area (Å²) in [7, 11) is -2.92. The molecule has 4 aromatic rings. The van der Waals surface area contributed by atoms with Gasteiger partial charge in [-0.15, -0.1) is 13.2 Å². The van der Waals surface area contributed by atoms with Crippen LogP contribution in [-0.4, -0.2) is 78.1 Å². The third-order valence-corrected chi connectivity index (χ3v) is 11.2. The maximum atomic E-state index is 13.7. The number of H-pyrrole nitrogens is 1. The number of anilines is 1. The zero-order chi connectivity index (χ0) is 32.7. The number of aromatic amines is 1. The highest BCUT2D eigenvalue weighted by Gasteiger charge is 2.39. The standard InChI is InChI=1S/C31H32ClF3N6O4S/c1-39(46(43,44)26-6-5-22(19-24(26)32)45-31(33,34)35)20-27-37-25-4-2-3-23(28(25)38-27)29(42)41-17-11-30(12-18-41)9-15-40(16-10-30)21-7-13-36-14-8-21/h2-8,13-14,19H,9-12,15-18,20H2,1H3,(H,37,38). The van der Waals surface area contributed by atoms with E-state index in [1.807, 2.05) is 29.4 Å². The van der Waals surface area contributed by atoms with Crippen molar-refractivity contribution in [3.05, 3.63) is 77.3 Å². The summed E-state index contributed by atoms with van der Waals surface area (Å²) in [5.74, 6) is -0.462. The summed E-state index contributed by atoms with van der Waals surface area (Å²) >= 11 is 6.04. The number of rotatable bonds is 7. The fourth-order valence-electron chi connectivity index (χ4n) is 6.34. The Bertz CT molecular complexity index is 1840. The minimum atomic E-state index is -4.95. The van der Waals surface area contributed by atoms with Gasteiger partial charge in [-0.25, -0.2) is 13.4 Å². The van der Waals surface area contributed by atoms with Crippen LogP contribution in [0.4, 0.5) is 18.9 Å². The van der Waals surface area contributed by atoms with Gasteiger partial charge in [0.05, 0.1) is 28.2 Å². The van der Waals surface area contributed by atoms with E-state index in [9.17, 15) is 26.4 Å². The van der Waals surface area contributed by atoms with Gasteiger partial charge >= 0.3 is 6.36 Å². The zero-order valence-electron chi connectivity index (χ0n) is 24.9. The van der Waals surface area contributed by atoms with E-state index in [4.69, 9.17) is 11.6 Å². The lowest BCUT2D eigenvalue weighted by molar-refractivity contribution is -0.274. The molecule has 2 aliphatic rings. The highest BCUT2D eigenvalue weighted by molar-refractivity contribution is 7.89. The Hall–Kier alpha value is -3.88. The molecule has 0 radical (unpaired) electrons. The fourth-order valence-corrected chi connectivity index (χ4v) is 7.97. The van der Waals surface area contributed by atoms with Crippen LogP contribution in [0.15, 0.2) is 65.8 Å². The van der Waals surface area contributed by atoms with E-state index in [1.54, 1.807) is 18.2 Å². The minimum absolute atomic E-state index is 0.112. The molecule has 0 aliphatic carbocycles. The predicted molar refractivity (Wildman–Crippen MR) is 166 cm³/mol. The van der Waals surface area contributed by atoms with Crippen LogP contribution < -0.4 is 9.64 Å². The second-order valence-electron chi connectivity index (χ2n) is 11.8. The highest BCUT2D eigenvalue weighted by Crippen LogP contribution is 2.42. The second kappa shape index (κ2) is 12.4. The number of hydrogen-bond donors (Lipinski definition) is 1. The average molecular weight is 677 g/mol. The molecule has 4 heterocycles. The van der Waals surface area contributed by atoms with Gasteiger partial charge in [-0.3, -0.25) is 9.78 Å². The van der Waals surface area contributed by atoms with E-state index in [-0.39, 0.29) is 28.6 Å². The Kier molecular flexibility index (Phi) is 8.63. The predicted octanol–water partition coefficient (Wildman–Crippen LogP) is 5.85. The molecule has 1 amide bonds. The van der Waals surface area contributed by atoms with Crippen LogP contribution in [0.2, 0.25) is 5.02 Å². The van der Waals surface area contributed by atoms with Crippen LogP contribution >= 0.6 is 11.6 Å². The summed E-state index contributed by atoms with van der Waals surface area (Å²) in [6.45, 7) is 3.05. The molecular weight excluding hydrogens is 645 g/mol. The fraction of sp³-hybridized carbons (Fsp3) is 0.387. The molecule has 2 fully saturated rings. The van der Waals surface area contributed by atoms with Crippen molar-refractivity contribution in [2.45, 2.75) is 43.5 Å². The number of hydrogen-bond acceptors (Lipinski definition) is 7. The molecule has 2 aromatic heterocycles. The number of carbonyl (C=O) groups is 1. The average Bonchev–Trinajstić information content (AvgIpc) is 3.44. The zero-order valence-corrected chi connectivity index (χ0v) is 26.5. The Labute approximate surface area is 269 Å². The highest BCUT2D eigenvalue weighted by atomic mass is 35.5. The van der Waals surface area contributed by atoms with E-state index in [0.29, 0.717) is 29.7 Å². The minimum Gasteiger partial charge on any atom is -0.406 e. The quantitative estimate of drug-likeness (QED) is 0.261. The van der Waals surface area contributed by atoms with E-state index >= 15 is 0 Å². The smallest absolute Gasteiger partial charge is 0.406 e. The van der Waals surface area contributed by atoms with E-state index in [0.717, 1.165) is 61.3 Å². The number of benzene rings is 2. The van der Waals surface area contributed by atoms with Crippen LogP contribution in [0.3, 0.4) is 0 Å². The summed E-state index contributed by atoms with van der Waals surface area (Å²) in [5.41, 5.74) is 2.87. The molecule has 0 saturated carbocycles. The van der Waals surface area contributed by atoms with Gasteiger partial charge in [-0.05, 0) is 67.5 Å². The summed E-state index contributed by atoms with van der Waals surface area (Å²) in [6.07, 6.45) is 2.69. The van der Waals surface area contributed by atoms with Crippen molar-refractivity contribution < 1.29 is 31.1 Å². The van der Waals surface area contributed by atoms with Crippen molar-refractivity contribution in [1.29, 1.82) is 0 Å². The lowest BCUT2D eigenvalue weighted by atomic mass is 9.71. The number of sulfonamides is 1. The summed E-state index contributed by atoms with van der Waals surface area (Å²) in [5, 5.41) is -0.423. The number of amides is 1. The first-order valence-corrected chi connectivity index (χ1v) is 16.6.